The Morgan fingerprint density at radius 2 is 2.00 bits per heavy atom. The number of esters is 1. The van der Waals surface area contributed by atoms with E-state index in [9.17, 15) is 14.9 Å². The second kappa shape index (κ2) is 8.74. The number of rotatable bonds is 7. The van der Waals surface area contributed by atoms with Crippen molar-refractivity contribution < 1.29 is 14.5 Å². The third-order valence-corrected chi connectivity index (χ3v) is 5.20. The molecule has 0 spiro atoms. The summed E-state index contributed by atoms with van der Waals surface area (Å²) in [5.41, 5.74) is 2.10. The van der Waals surface area contributed by atoms with Crippen LogP contribution in [0.2, 0.25) is 0 Å². The van der Waals surface area contributed by atoms with Crippen LogP contribution in [0.1, 0.15) is 13.8 Å². The first-order valence-electron chi connectivity index (χ1n) is 8.84. The standard InChI is InChI=1S/C19H19N5O4S/c1-4-23(12(2)19(25)28-3)14-7-5-13(6-8-14)20-21-18-16-11-15(24(26)27)9-10-17(16)22-29-18/h5-12H,4H2,1-3H3/t12-/m0/s1. The van der Waals surface area contributed by atoms with Gasteiger partial charge >= 0.3 is 5.97 Å². The number of methoxy groups -OCH3 is 1. The fourth-order valence-corrected chi connectivity index (χ4v) is 3.58. The zero-order chi connectivity index (χ0) is 21.0. The minimum Gasteiger partial charge on any atom is -0.467 e. The Balaban J connectivity index is 1.81. The topological polar surface area (TPSA) is 110 Å². The van der Waals surface area contributed by atoms with Crippen molar-refractivity contribution in [3.63, 3.8) is 0 Å². The molecule has 0 saturated heterocycles. The van der Waals surface area contributed by atoms with Gasteiger partial charge in [0, 0.05) is 29.8 Å². The van der Waals surface area contributed by atoms with Crippen LogP contribution in [0.25, 0.3) is 10.9 Å². The van der Waals surface area contributed by atoms with E-state index in [1.165, 1.54) is 19.2 Å². The number of anilines is 1. The third kappa shape index (κ3) is 4.37. The lowest BCUT2D eigenvalue weighted by Crippen LogP contribution is -2.39. The van der Waals surface area contributed by atoms with Crippen LogP contribution in [-0.2, 0) is 9.53 Å². The molecule has 29 heavy (non-hydrogen) atoms. The van der Waals surface area contributed by atoms with Gasteiger partial charge in [-0.1, -0.05) is 0 Å². The summed E-state index contributed by atoms with van der Waals surface area (Å²) >= 11 is 1.13. The van der Waals surface area contributed by atoms with E-state index in [1.54, 1.807) is 25.1 Å². The van der Waals surface area contributed by atoms with Crippen LogP contribution in [0.15, 0.2) is 52.7 Å². The number of carbonyl (C=O) groups is 1. The van der Waals surface area contributed by atoms with E-state index >= 15 is 0 Å². The number of likely N-dealkylation sites (N-methyl/N-ethyl adjacent to an activating group) is 1. The van der Waals surface area contributed by atoms with Crippen molar-refractivity contribution in [2.45, 2.75) is 19.9 Å². The van der Waals surface area contributed by atoms with E-state index < -0.39 is 11.0 Å². The lowest BCUT2D eigenvalue weighted by Gasteiger charge is -2.28. The van der Waals surface area contributed by atoms with Gasteiger partial charge in [-0.15, -0.1) is 10.2 Å². The molecule has 0 aliphatic carbocycles. The van der Waals surface area contributed by atoms with Crippen LogP contribution in [0.3, 0.4) is 0 Å². The molecule has 1 heterocycles. The Kier molecular flexibility index (Phi) is 6.13. The third-order valence-electron chi connectivity index (χ3n) is 4.44. The average Bonchev–Trinajstić information content (AvgIpc) is 3.15. The number of carbonyl (C=O) groups excluding carboxylic acids is 1. The highest BCUT2D eigenvalue weighted by Gasteiger charge is 2.21. The molecule has 0 aliphatic heterocycles. The smallest absolute Gasteiger partial charge is 0.328 e. The molecule has 0 saturated carbocycles. The number of ether oxygens (including phenoxy) is 1. The molecular formula is C19H19N5O4S. The van der Waals surface area contributed by atoms with E-state index in [4.69, 9.17) is 4.74 Å². The molecule has 2 aromatic carbocycles. The first-order chi connectivity index (χ1) is 13.9. The van der Waals surface area contributed by atoms with E-state index in [-0.39, 0.29) is 11.7 Å². The molecule has 3 aromatic rings. The number of nitrogens with zero attached hydrogens (tertiary/aromatic N) is 5. The number of hydrogen-bond acceptors (Lipinski definition) is 9. The molecule has 1 atom stereocenters. The highest BCUT2D eigenvalue weighted by Crippen LogP contribution is 2.34. The van der Waals surface area contributed by atoms with Gasteiger partial charge < -0.3 is 9.64 Å². The summed E-state index contributed by atoms with van der Waals surface area (Å²) in [6.45, 7) is 4.39. The van der Waals surface area contributed by atoms with Gasteiger partial charge in [-0.25, -0.2) is 4.79 Å². The zero-order valence-corrected chi connectivity index (χ0v) is 16.9. The second-order valence-corrected chi connectivity index (χ2v) is 6.90. The zero-order valence-electron chi connectivity index (χ0n) is 16.1. The van der Waals surface area contributed by atoms with E-state index in [2.05, 4.69) is 14.6 Å². The summed E-state index contributed by atoms with van der Waals surface area (Å²) in [5, 5.41) is 20.5. The van der Waals surface area contributed by atoms with Gasteiger partial charge in [-0.3, -0.25) is 10.1 Å². The van der Waals surface area contributed by atoms with Gasteiger partial charge in [-0.05, 0) is 55.7 Å². The van der Waals surface area contributed by atoms with E-state index in [0.717, 1.165) is 17.2 Å². The fourth-order valence-electron chi connectivity index (χ4n) is 2.89. The normalized spacial score (nSPS) is 12.2. The van der Waals surface area contributed by atoms with Crippen molar-refractivity contribution in [2.75, 3.05) is 18.6 Å². The predicted octanol–water partition coefficient (Wildman–Crippen LogP) is 5.01. The largest absolute Gasteiger partial charge is 0.467 e. The SMILES string of the molecule is CCN(c1ccc(N=Nc2snc3ccc([N+](=O)[O-])cc23)cc1)[C@@H](C)C(=O)OC. The highest BCUT2D eigenvalue weighted by molar-refractivity contribution is 7.11. The Bertz CT molecular complexity index is 1060. The van der Waals surface area contributed by atoms with Gasteiger partial charge in [0.15, 0.2) is 5.00 Å². The highest BCUT2D eigenvalue weighted by atomic mass is 32.1. The maximum atomic E-state index is 11.8. The fraction of sp³-hybridized carbons (Fsp3) is 0.263. The number of aromatic nitrogens is 1. The minimum atomic E-state index is -0.453. The molecule has 0 radical (unpaired) electrons. The number of nitro benzene ring substituents is 1. The Morgan fingerprint density at radius 1 is 1.28 bits per heavy atom. The Morgan fingerprint density at radius 3 is 2.62 bits per heavy atom. The van der Waals surface area contributed by atoms with E-state index in [0.29, 0.717) is 28.1 Å². The van der Waals surface area contributed by atoms with Crippen molar-refractivity contribution in [2.24, 2.45) is 10.2 Å². The van der Waals surface area contributed by atoms with Crippen LogP contribution in [0, 0.1) is 10.1 Å². The number of fused-ring (bicyclic) bond motifs is 1. The molecule has 9 nitrogen and oxygen atoms in total. The molecule has 10 heteroatoms. The summed E-state index contributed by atoms with van der Waals surface area (Å²) in [5.74, 6) is -0.304. The average molecular weight is 413 g/mol. The van der Waals surface area contributed by atoms with Gasteiger partial charge in [0.25, 0.3) is 5.69 Å². The van der Waals surface area contributed by atoms with Crippen LogP contribution in [0.4, 0.5) is 22.1 Å². The molecule has 1 aromatic heterocycles. The summed E-state index contributed by atoms with van der Waals surface area (Å²) in [4.78, 5) is 24.3. The van der Waals surface area contributed by atoms with E-state index in [1.807, 2.05) is 24.0 Å². The Labute approximate surface area is 170 Å². The van der Waals surface area contributed by atoms with Gasteiger partial charge in [-0.2, -0.15) is 4.37 Å². The number of hydrogen-bond donors (Lipinski definition) is 0. The van der Waals surface area contributed by atoms with Crippen molar-refractivity contribution in [3.8, 4) is 0 Å². The van der Waals surface area contributed by atoms with Crippen LogP contribution in [0.5, 0.6) is 0 Å². The van der Waals surface area contributed by atoms with Gasteiger partial charge in [0.05, 0.1) is 23.2 Å². The van der Waals surface area contributed by atoms with Crippen molar-refractivity contribution in [3.05, 3.63) is 52.6 Å². The van der Waals surface area contributed by atoms with Crippen molar-refractivity contribution >= 4 is 50.5 Å². The number of nitro groups is 1. The van der Waals surface area contributed by atoms with Gasteiger partial charge in [0.1, 0.15) is 6.04 Å². The summed E-state index contributed by atoms with van der Waals surface area (Å²) in [6, 6.07) is 11.3. The molecule has 3 rings (SSSR count). The number of benzene rings is 2. The summed E-state index contributed by atoms with van der Waals surface area (Å²) in [7, 11) is 1.37. The lowest BCUT2D eigenvalue weighted by molar-refractivity contribution is -0.384. The van der Waals surface area contributed by atoms with Crippen LogP contribution < -0.4 is 4.90 Å². The van der Waals surface area contributed by atoms with Gasteiger partial charge in [0.2, 0.25) is 0 Å². The summed E-state index contributed by atoms with van der Waals surface area (Å²) in [6.07, 6.45) is 0. The molecule has 0 fully saturated rings. The molecule has 0 bridgehead atoms. The Hall–Kier alpha value is -3.40. The number of azo groups is 1. The first-order valence-corrected chi connectivity index (χ1v) is 9.62. The van der Waals surface area contributed by atoms with Crippen LogP contribution in [-0.4, -0.2) is 35.0 Å². The maximum Gasteiger partial charge on any atom is 0.328 e. The maximum absolute atomic E-state index is 11.8. The lowest BCUT2D eigenvalue weighted by atomic mass is 10.2. The molecule has 0 unspecified atom stereocenters. The minimum absolute atomic E-state index is 0.0158. The molecular weight excluding hydrogens is 394 g/mol. The van der Waals surface area contributed by atoms with Crippen LogP contribution >= 0.6 is 11.5 Å². The second-order valence-electron chi connectivity index (χ2n) is 6.15. The molecule has 0 amide bonds. The summed E-state index contributed by atoms with van der Waals surface area (Å²) < 4.78 is 9.06. The molecule has 0 N–H and O–H groups in total. The van der Waals surface area contributed by atoms with Crippen molar-refractivity contribution in [1.82, 2.24) is 4.37 Å². The quantitative estimate of drug-likeness (QED) is 0.233. The van der Waals surface area contributed by atoms with Crippen molar-refractivity contribution in [1.29, 1.82) is 0 Å². The molecule has 150 valence electrons. The number of non-ortho nitro benzene ring substituents is 1. The predicted molar refractivity (Wildman–Crippen MR) is 111 cm³/mol. The first kappa shape index (κ1) is 20.3. The molecule has 0 aliphatic rings. The monoisotopic (exact) mass is 413 g/mol.